The summed E-state index contributed by atoms with van der Waals surface area (Å²) in [6.45, 7) is 0. The predicted molar refractivity (Wildman–Crippen MR) is 47.7 cm³/mol. The minimum Gasteiger partial charge on any atom is -0.481 e. The average Bonchev–Trinajstić information content (AvgIpc) is 2.18. The smallest absolute Gasteiger partial charge is 0.308 e. The fraction of sp³-hybridized carbons (Fsp3) is 0.125. The molecule has 0 saturated carbocycles. The minimum absolute atomic E-state index is 0.862. The minimum atomic E-state index is -1.48. The molecule has 0 aliphatic heterocycles. The fourth-order valence-corrected chi connectivity index (χ4v) is 1.42. The summed E-state index contributed by atoms with van der Waals surface area (Å²) >= 11 is 10.3. The Kier molecular flexibility index (Phi) is 3.46. The summed E-state index contributed by atoms with van der Waals surface area (Å²) in [7, 11) is 0. The molecule has 0 bridgehead atoms. The number of hydrogen-bond acceptors (Lipinski definition) is 1. The lowest BCUT2D eigenvalue weighted by atomic mass is 10.1. The maximum Gasteiger partial charge on any atom is 0.308 e. The van der Waals surface area contributed by atoms with E-state index in [0.717, 1.165) is 0 Å². The zero-order valence-corrected chi connectivity index (χ0v) is 8.46. The van der Waals surface area contributed by atoms with Gasteiger partial charge in [0.1, 0.15) is 10.0 Å². The van der Waals surface area contributed by atoms with Crippen molar-refractivity contribution >= 4 is 29.2 Å². The summed E-state index contributed by atoms with van der Waals surface area (Å²) in [5, 5.41) is 6.32. The molecular weight excluding hydrogens is 256 g/mol. The van der Waals surface area contributed by atoms with Gasteiger partial charge in [-0.3, -0.25) is 4.79 Å². The van der Waals surface area contributed by atoms with E-state index in [1.807, 2.05) is 0 Å². The van der Waals surface area contributed by atoms with Gasteiger partial charge in [0.05, 0.1) is 6.42 Å². The van der Waals surface area contributed by atoms with Crippen LogP contribution in [0.4, 0.5) is 13.2 Å². The lowest BCUT2D eigenvalue weighted by Gasteiger charge is -2.07. The fourth-order valence-electron chi connectivity index (χ4n) is 0.957. The van der Waals surface area contributed by atoms with Crippen LogP contribution < -0.4 is 0 Å². The van der Waals surface area contributed by atoms with E-state index < -0.39 is 45.5 Å². The standard InChI is InChI=1S/C8H3Cl2F3O2/c9-4-6(11)2(1-3(14)15)7(12)5(10)8(4)13/h1H2,(H,14,15). The maximum atomic E-state index is 13.1. The van der Waals surface area contributed by atoms with Crippen LogP contribution in [0, 0.1) is 17.5 Å². The first kappa shape index (κ1) is 12.1. The van der Waals surface area contributed by atoms with Crippen LogP contribution in [0.15, 0.2) is 0 Å². The van der Waals surface area contributed by atoms with E-state index in [-0.39, 0.29) is 0 Å². The lowest BCUT2D eigenvalue weighted by Crippen LogP contribution is -2.07. The molecule has 0 heterocycles. The average molecular weight is 259 g/mol. The highest BCUT2D eigenvalue weighted by molar-refractivity contribution is 6.35. The highest BCUT2D eigenvalue weighted by Crippen LogP contribution is 2.32. The molecule has 0 unspecified atom stereocenters. The summed E-state index contributed by atoms with van der Waals surface area (Å²) in [5.41, 5.74) is -0.862. The Morgan fingerprint density at radius 3 is 1.80 bits per heavy atom. The SMILES string of the molecule is O=C(O)Cc1c(F)c(Cl)c(F)c(Cl)c1F. The van der Waals surface area contributed by atoms with Crippen LogP contribution in [0.25, 0.3) is 0 Å². The third-order valence-electron chi connectivity index (χ3n) is 1.63. The van der Waals surface area contributed by atoms with Crippen molar-refractivity contribution in [1.82, 2.24) is 0 Å². The van der Waals surface area contributed by atoms with Crippen LogP contribution in [0.2, 0.25) is 10.0 Å². The van der Waals surface area contributed by atoms with E-state index in [1.165, 1.54) is 0 Å². The highest BCUT2D eigenvalue weighted by Gasteiger charge is 2.24. The van der Waals surface area contributed by atoms with Crippen molar-refractivity contribution in [3.05, 3.63) is 33.1 Å². The number of benzene rings is 1. The van der Waals surface area contributed by atoms with Gasteiger partial charge in [0, 0.05) is 5.56 Å². The second-order valence-corrected chi connectivity index (χ2v) is 3.37. The van der Waals surface area contributed by atoms with Crippen LogP contribution in [0.1, 0.15) is 5.56 Å². The van der Waals surface area contributed by atoms with Gasteiger partial charge in [-0.2, -0.15) is 0 Å². The van der Waals surface area contributed by atoms with Crippen LogP contribution in [-0.2, 0) is 11.2 Å². The van der Waals surface area contributed by atoms with E-state index in [0.29, 0.717) is 0 Å². The molecule has 1 N–H and O–H groups in total. The molecule has 0 fully saturated rings. The topological polar surface area (TPSA) is 37.3 Å². The number of hydrogen-bond donors (Lipinski definition) is 1. The molecule has 0 spiro atoms. The van der Waals surface area contributed by atoms with Gasteiger partial charge in [0.2, 0.25) is 0 Å². The first-order chi connectivity index (χ1) is 6.86. The molecule has 0 aliphatic carbocycles. The zero-order chi connectivity index (χ0) is 11.7. The van der Waals surface area contributed by atoms with Gasteiger partial charge in [-0.15, -0.1) is 0 Å². The number of halogens is 5. The number of aliphatic carboxylic acids is 1. The number of carboxylic acid groups (broad SMARTS) is 1. The van der Waals surface area contributed by atoms with Crippen LogP contribution in [-0.4, -0.2) is 11.1 Å². The van der Waals surface area contributed by atoms with Gasteiger partial charge >= 0.3 is 5.97 Å². The first-order valence-electron chi connectivity index (χ1n) is 3.58. The largest absolute Gasteiger partial charge is 0.481 e. The third kappa shape index (κ3) is 2.18. The molecule has 0 saturated heterocycles. The Bertz CT molecular complexity index is 405. The van der Waals surface area contributed by atoms with Gasteiger partial charge in [-0.05, 0) is 0 Å². The number of rotatable bonds is 2. The maximum absolute atomic E-state index is 13.1. The molecule has 15 heavy (non-hydrogen) atoms. The summed E-state index contributed by atoms with van der Waals surface area (Å²) in [5.74, 6) is -5.81. The normalized spacial score (nSPS) is 10.5. The molecule has 0 amide bonds. The number of carboxylic acids is 1. The second-order valence-electron chi connectivity index (χ2n) is 2.62. The van der Waals surface area contributed by atoms with Crippen molar-refractivity contribution in [3.63, 3.8) is 0 Å². The van der Waals surface area contributed by atoms with Crippen molar-refractivity contribution in [2.45, 2.75) is 6.42 Å². The van der Waals surface area contributed by atoms with Crippen molar-refractivity contribution in [3.8, 4) is 0 Å². The zero-order valence-electron chi connectivity index (χ0n) is 6.95. The molecule has 2 nitrogen and oxygen atoms in total. The molecule has 1 aromatic carbocycles. The van der Waals surface area contributed by atoms with Crippen LogP contribution >= 0.6 is 23.2 Å². The molecule has 82 valence electrons. The van der Waals surface area contributed by atoms with Crippen LogP contribution in [0.3, 0.4) is 0 Å². The Morgan fingerprint density at radius 1 is 1.07 bits per heavy atom. The Balaban J connectivity index is 3.45. The molecule has 0 aliphatic rings. The monoisotopic (exact) mass is 258 g/mol. The summed E-state index contributed by atoms with van der Waals surface area (Å²) in [6, 6.07) is 0. The van der Waals surface area contributed by atoms with Crippen LogP contribution in [0.5, 0.6) is 0 Å². The summed E-state index contributed by atoms with van der Waals surface area (Å²) < 4.78 is 39.1. The molecule has 7 heteroatoms. The summed E-state index contributed by atoms with van der Waals surface area (Å²) in [4.78, 5) is 10.3. The van der Waals surface area contributed by atoms with Gasteiger partial charge in [-0.25, -0.2) is 13.2 Å². The Hall–Kier alpha value is -0.940. The van der Waals surface area contributed by atoms with Crippen molar-refractivity contribution in [2.24, 2.45) is 0 Å². The third-order valence-corrected chi connectivity index (χ3v) is 2.29. The van der Waals surface area contributed by atoms with Gasteiger partial charge in [-0.1, -0.05) is 23.2 Å². The van der Waals surface area contributed by atoms with Gasteiger partial charge in [0.25, 0.3) is 0 Å². The predicted octanol–water partition coefficient (Wildman–Crippen LogP) is 3.04. The molecule has 0 radical (unpaired) electrons. The molecule has 1 rings (SSSR count). The van der Waals surface area contributed by atoms with Crippen molar-refractivity contribution in [2.75, 3.05) is 0 Å². The van der Waals surface area contributed by atoms with E-state index in [4.69, 9.17) is 28.3 Å². The molecule has 0 atom stereocenters. The van der Waals surface area contributed by atoms with Gasteiger partial charge < -0.3 is 5.11 Å². The molecule has 0 aromatic heterocycles. The van der Waals surface area contributed by atoms with E-state index in [1.54, 1.807) is 0 Å². The van der Waals surface area contributed by atoms with E-state index >= 15 is 0 Å². The first-order valence-corrected chi connectivity index (χ1v) is 4.34. The van der Waals surface area contributed by atoms with Gasteiger partial charge in [0.15, 0.2) is 17.5 Å². The lowest BCUT2D eigenvalue weighted by molar-refractivity contribution is -0.136. The summed E-state index contributed by atoms with van der Waals surface area (Å²) in [6.07, 6.45) is -0.961. The van der Waals surface area contributed by atoms with Crippen molar-refractivity contribution < 1.29 is 23.1 Å². The van der Waals surface area contributed by atoms with Crippen molar-refractivity contribution in [1.29, 1.82) is 0 Å². The van der Waals surface area contributed by atoms with E-state index in [2.05, 4.69) is 0 Å². The number of carbonyl (C=O) groups is 1. The molecule has 1 aromatic rings. The van der Waals surface area contributed by atoms with E-state index in [9.17, 15) is 18.0 Å². The molecular formula is C8H3Cl2F3O2. The quantitative estimate of drug-likeness (QED) is 0.654. The Labute approximate surface area is 92.2 Å². The highest BCUT2D eigenvalue weighted by atomic mass is 35.5. The Morgan fingerprint density at radius 2 is 1.47 bits per heavy atom. The second kappa shape index (κ2) is 4.28.